The molecule has 0 aliphatic carbocycles. The lowest BCUT2D eigenvalue weighted by molar-refractivity contribution is -0.118. The molecular weight excluding hydrogens is 328 g/mol. The molecule has 0 saturated carbocycles. The van der Waals surface area contributed by atoms with Crippen molar-refractivity contribution in [3.63, 3.8) is 0 Å². The average molecular weight is 354 g/mol. The highest BCUT2D eigenvalue weighted by Gasteiger charge is 2.13. The number of carbonyl (C=O) groups is 2. The van der Waals surface area contributed by atoms with Crippen LogP contribution in [0.1, 0.15) is 41.3 Å². The Hall–Kier alpha value is -2.82. The predicted octanol–water partition coefficient (Wildman–Crippen LogP) is 3.85. The second kappa shape index (κ2) is 9.61. The van der Waals surface area contributed by atoms with E-state index in [9.17, 15) is 9.59 Å². The molecule has 0 fully saturated rings. The van der Waals surface area contributed by atoms with Crippen LogP contribution in [0.2, 0.25) is 0 Å². The Bertz CT molecular complexity index is 772. The lowest BCUT2D eigenvalue weighted by Gasteiger charge is -2.13. The number of hydrogen-bond donors (Lipinski definition) is 2. The Morgan fingerprint density at radius 3 is 2.62 bits per heavy atom. The van der Waals surface area contributed by atoms with Crippen LogP contribution in [0.5, 0.6) is 5.75 Å². The summed E-state index contributed by atoms with van der Waals surface area (Å²) >= 11 is 0. The standard InChI is InChI=1S/C21H26N2O3/c1-4-5-12-22-21(25)17-8-6-7-9-18(17)23-20(24)14-26-19-13-15(2)10-11-16(19)3/h6-11,13H,4-5,12,14H2,1-3H3,(H,22,25)(H,23,24). The summed E-state index contributed by atoms with van der Waals surface area (Å²) in [5, 5.41) is 5.62. The average Bonchev–Trinajstić information content (AvgIpc) is 2.63. The minimum absolute atomic E-state index is 0.115. The van der Waals surface area contributed by atoms with Crippen molar-refractivity contribution in [3.8, 4) is 5.75 Å². The van der Waals surface area contributed by atoms with E-state index < -0.39 is 0 Å². The normalized spacial score (nSPS) is 10.3. The van der Waals surface area contributed by atoms with Gasteiger partial charge in [-0.25, -0.2) is 0 Å². The van der Waals surface area contributed by atoms with Crippen molar-refractivity contribution in [2.24, 2.45) is 0 Å². The number of benzene rings is 2. The number of unbranched alkanes of at least 4 members (excludes halogenated alkanes) is 1. The van der Waals surface area contributed by atoms with Gasteiger partial charge in [-0.1, -0.05) is 37.6 Å². The molecule has 2 aromatic rings. The third kappa shape index (κ3) is 5.62. The Morgan fingerprint density at radius 1 is 1.08 bits per heavy atom. The number of hydrogen-bond acceptors (Lipinski definition) is 3. The van der Waals surface area contributed by atoms with Crippen LogP contribution in [0.15, 0.2) is 42.5 Å². The van der Waals surface area contributed by atoms with E-state index >= 15 is 0 Å². The van der Waals surface area contributed by atoms with Gasteiger partial charge in [-0.3, -0.25) is 9.59 Å². The number of carbonyl (C=O) groups excluding carboxylic acids is 2. The zero-order chi connectivity index (χ0) is 18.9. The number of anilines is 1. The fourth-order valence-electron chi connectivity index (χ4n) is 2.46. The van der Waals surface area contributed by atoms with Crippen molar-refractivity contribution in [2.45, 2.75) is 33.6 Å². The summed E-state index contributed by atoms with van der Waals surface area (Å²) in [4.78, 5) is 24.5. The van der Waals surface area contributed by atoms with Crippen molar-refractivity contribution in [1.29, 1.82) is 0 Å². The first-order chi connectivity index (χ1) is 12.5. The van der Waals surface area contributed by atoms with Crippen LogP contribution in [-0.4, -0.2) is 25.0 Å². The molecule has 0 atom stereocenters. The van der Waals surface area contributed by atoms with E-state index in [0.29, 0.717) is 23.5 Å². The van der Waals surface area contributed by atoms with Crippen LogP contribution in [0, 0.1) is 13.8 Å². The van der Waals surface area contributed by atoms with Gasteiger partial charge in [0.15, 0.2) is 6.61 Å². The fraction of sp³-hybridized carbons (Fsp3) is 0.333. The monoisotopic (exact) mass is 354 g/mol. The number of para-hydroxylation sites is 1. The number of ether oxygens (including phenoxy) is 1. The molecule has 0 unspecified atom stereocenters. The first-order valence-electron chi connectivity index (χ1n) is 8.88. The van der Waals surface area contributed by atoms with Gasteiger partial charge in [0.2, 0.25) is 0 Å². The zero-order valence-electron chi connectivity index (χ0n) is 15.6. The first kappa shape index (κ1) is 19.5. The second-order valence-electron chi connectivity index (χ2n) is 6.26. The van der Waals surface area contributed by atoms with Crippen LogP contribution in [0.25, 0.3) is 0 Å². The summed E-state index contributed by atoms with van der Waals surface area (Å²) in [6, 6.07) is 12.8. The third-order valence-electron chi connectivity index (χ3n) is 3.96. The van der Waals surface area contributed by atoms with Gasteiger partial charge in [0.1, 0.15) is 5.75 Å². The van der Waals surface area contributed by atoms with E-state index in [2.05, 4.69) is 17.6 Å². The van der Waals surface area contributed by atoms with Crippen LogP contribution >= 0.6 is 0 Å². The molecule has 0 bridgehead atoms. The maximum absolute atomic E-state index is 12.3. The first-order valence-corrected chi connectivity index (χ1v) is 8.88. The highest BCUT2D eigenvalue weighted by Crippen LogP contribution is 2.19. The molecule has 138 valence electrons. The van der Waals surface area contributed by atoms with Gasteiger partial charge in [-0.15, -0.1) is 0 Å². The molecule has 5 nitrogen and oxygen atoms in total. The summed E-state index contributed by atoms with van der Waals surface area (Å²) in [5.41, 5.74) is 2.97. The molecule has 0 spiro atoms. The summed E-state index contributed by atoms with van der Waals surface area (Å²) in [6.45, 7) is 6.47. The molecule has 0 heterocycles. The van der Waals surface area contributed by atoms with Crippen molar-refractivity contribution < 1.29 is 14.3 Å². The van der Waals surface area contributed by atoms with Gasteiger partial charge in [-0.2, -0.15) is 0 Å². The van der Waals surface area contributed by atoms with Gasteiger partial charge >= 0.3 is 0 Å². The molecule has 2 aromatic carbocycles. The number of nitrogens with one attached hydrogen (secondary N) is 2. The zero-order valence-corrected chi connectivity index (χ0v) is 15.6. The molecule has 2 amide bonds. The van der Waals surface area contributed by atoms with Gasteiger partial charge in [-0.05, 0) is 49.6 Å². The molecule has 26 heavy (non-hydrogen) atoms. The largest absolute Gasteiger partial charge is 0.483 e. The van der Waals surface area contributed by atoms with Crippen LogP contribution in [0.3, 0.4) is 0 Å². The quantitative estimate of drug-likeness (QED) is 0.708. The van der Waals surface area contributed by atoms with Gasteiger partial charge in [0.05, 0.1) is 11.3 Å². The van der Waals surface area contributed by atoms with Crippen molar-refractivity contribution in [2.75, 3.05) is 18.5 Å². The Balaban J connectivity index is 1.98. The molecule has 0 aliphatic rings. The predicted molar refractivity (Wildman–Crippen MR) is 104 cm³/mol. The van der Waals surface area contributed by atoms with Crippen LogP contribution < -0.4 is 15.4 Å². The highest BCUT2D eigenvalue weighted by atomic mass is 16.5. The van der Waals surface area contributed by atoms with Gasteiger partial charge in [0.25, 0.3) is 11.8 Å². The van der Waals surface area contributed by atoms with E-state index in [-0.39, 0.29) is 18.4 Å². The smallest absolute Gasteiger partial charge is 0.262 e. The van der Waals surface area contributed by atoms with Gasteiger partial charge in [0, 0.05) is 6.54 Å². The molecule has 2 N–H and O–H groups in total. The fourth-order valence-corrected chi connectivity index (χ4v) is 2.46. The Labute approximate surface area is 154 Å². The lowest BCUT2D eigenvalue weighted by atomic mass is 10.1. The molecule has 0 aliphatic heterocycles. The molecule has 2 rings (SSSR count). The molecular formula is C21H26N2O3. The lowest BCUT2D eigenvalue weighted by Crippen LogP contribution is -2.27. The topological polar surface area (TPSA) is 67.4 Å². The van der Waals surface area contributed by atoms with E-state index in [0.717, 1.165) is 24.0 Å². The van der Waals surface area contributed by atoms with Crippen molar-refractivity contribution in [3.05, 3.63) is 59.2 Å². The maximum Gasteiger partial charge on any atom is 0.262 e. The summed E-state index contributed by atoms with van der Waals surface area (Å²) in [5.74, 6) is 0.190. The number of rotatable bonds is 8. The van der Waals surface area contributed by atoms with E-state index in [4.69, 9.17) is 4.74 Å². The molecule has 5 heteroatoms. The van der Waals surface area contributed by atoms with Crippen molar-refractivity contribution in [1.82, 2.24) is 5.32 Å². The van der Waals surface area contributed by atoms with Crippen LogP contribution in [-0.2, 0) is 4.79 Å². The third-order valence-corrected chi connectivity index (χ3v) is 3.96. The Morgan fingerprint density at radius 2 is 1.85 bits per heavy atom. The van der Waals surface area contributed by atoms with E-state index in [1.807, 2.05) is 32.0 Å². The number of aryl methyl sites for hydroxylation is 2. The van der Waals surface area contributed by atoms with Crippen LogP contribution in [0.4, 0.5) is 5.69 Å². The Kier molecular flexibility index (Phi) is 7.21. The van der Waals surface area contributed by atoms with E-state index in [1.54, 1.807) is 24.3 Å². The summed E-state index contributed by atoms with van der Waals surface area (Å²) in [6.07, 6.45) is 1.93. The molecule has 0 aromatic heterocycles. The highest BCUT2D eigenvalue weighted by molar-refractivity contribution is 6.04. The summed E-state index contributed by atoms with van der Waals surface area (Å²) in [7, 11) is 0. The van der Waals surface area contributed by atoms with Gasteiger partial charge < -0.3 is 15.4 Å². The second-order valence-corrected chi connectivity index (χ2v) is 6.26. The maximum atomic E-state index is 12.3. The van der Waals surface area contributed by atoms with Crippen molar-refractivity contribution >= 4 is 17.5 Å². The minimum atomic E-state index is -0.306. The minimum Gasteiger partial charge on any atom is -0.483 e. The summed E-state index contributed by atoms with van der Waals surface area (Å²) < 4.78 is 5.62. The number of amides is 2. The molecule has 0 saturated heterocycles. The molecule has 0 radical (unpaired) electrons. The SMILES string of the molecule is CCCCNC(=O)c1ccccc1NC(=O)COc1cc(C)ccc1C. The van der Waals surface area contributed by atoms with E-state index in [1.165, 1.54) is 0 Å².